The SMILES string of the molecule is CN=C(NCCCCCCCN(C)C)NCCc1c[nH]c2cc(F)ccc12. The van der Waals surface area contributed by atoms with Gasteiger partial charge in [0.05, 0.1) is 0 Å². The van der Waals surface area contributed by atoms with Gasteiger partial charge in [-0.2, -0.15) is 0 Å². The molecule has 2 aromatic rings. The van der Waals surface area contributed by atoms with Crippen LogP contribution in [0.4, 0.5) is 4.39 Å². The van der Waals surface area contributed by atoms with Gasteiger partial charge in [-0.1, -0.05) is 19.3 Å². The lowest BCUT2D eigenvalue weighted by molar-refractivity contribution is 0.389. The summed E-state index contributed by atoms with van der Waals surface area (Å²) in [6.07, 6.45) is 9.11. The lowest BCUT2D eigenvalue weighted by Gasteiger charge is -2.12. The molecule has 1 aromatic heterocycles. The monoisotopic (exact) mass is 375 g/mol. The molecule has 5 nitrogen and oxygen atoms in total. The number of fused-ring (bicyclic) bond motifs is 1. The van der Waals surface area contributed by atoms with Crippen molar-refractivity contribution in [3.8, 4) is 0 Å². The normalized spacial score (nSPS) is 12.1. The maximum absolute atomic E-state index is 13.3. The number of benzene rings is 1. The number of aromatic nitrogens is 1. The molecule has 27 heavy (non-hydrogen) atoms. The molecule has 0 amide bonds. The Hall–Kier alpha value is -2.08. The van der Waals surface area contributed by atoms with E-state index in [4.69, 9.17) is 0 Å². The number of hydrogen-bond donors (Lipinski definition) is 3. The van der Waals surface area contributed by atoms with Crippen LogP contribution in [0.1, 0.15) is 37.7 Å². The first-order valence-corrected chi connectivity index (χ1v) is 9.95. The summed E-state index contributed by atoms with van der Waals surface area (Å²) in [4.78, 5) is 9.65. The number of rotatable bonds is 11. The summed E-state index contributed by atoms with van der Waals surface area (Å²) >= 11 is 0. The van der Waals surface area contributed by atoms with Crippen LogP contribution in [0.5, 0.6) is 0 Å². The minimum absolute atomic E-state index is 0.212. The highest BCUT2D eigenvalue weighted by Crippen LogP contribution is 2.19. The fourth-order valence-corrected chi connectivity index (χ4v) is 3.19. The summed E-state index contributed by atoms with van der Waals surface area (Å²) in [6.45, 7) is 2.91. The van der Waals surface area contributed by atoms with Crippen LogP contribution in [0.2, 0.25) is 0 Å². The Morgan fingerprint density at radius 3 is 2.59 bits per heavy atom. The molecule has 3 N–H and O–H groups in total. The predicted molar refractivity (Wildman–Crippen MR) is 113 cm³/mol. The first-order valence-electron chi connectivity index (χ1n) is 9.95. The van der Waals surface area contributed by atoms with E-state index in [1.165, 1.54) is 49.9 Å². The van der Waals surface area contributed by atoms with Gasteiger partial charge >= 0.3 is 0 Å². The summed E-state index contributed by atoms with van der Waals surface area (Å²) < 4.78 is 13.3. The summed E-state index contributed by atoms with van der Waals surface area (Å²) in [5.41, 5.74) is 2.03. The van der Waals surface area contributed by atoms with E-state index in [1.807, 2.05) is 12.3 Å². The Balaban J connectivity index is 1.60. The van der Waals surface area contributed by atoms with Gasteiger partial charge in [0.25, 0.3) is 0 Å². The van der Waals surface area contributed by atoms with E-state index in [-0.39, 0.29) is 5.82 Å². The minimum atomic E-state index is -0.212. The van der Waals surface area contributed by atoms with Crippen molar-refractivity contribution in [2.75, 3.05) is 40.8 Å². The Bertz CT molecular complexity index is 708. The topological polar surface area (TPSA) is 55.5 Å². The molecule has 0 aliphatic heterocycles. The van der Waals surface area contributed by atoms with Crippen LogP contribution in [-0.2, 0) is 6.42 Å². The summed E-state index contributed by atoms with van der Waals surface area (Å²) in [5.74, 6) is 0.629. The first kappa shape index (κ1) is 21.2. The van der Waals surface area contributed by atoms with Crippen molar-refractivity contribution in [2.24, 2.45) is 4.99 Å². The lowest BCUT2D eigenvalue weighted by Crippen LogP contribution is -2.38. The zero-order chi connectivity index (χ0) is 19.5. The molecule has 0 aliphatic rings. The van der Waals surface area contributed by atoms with Crippen LogP contribution in [-0.4, -0.2) is 56.6 Å². The molecular weight excluding hydrogens is 341 g/mol. The quantitative estimate of drug-likeness (QED) is 0.320. The van der Waals surface area contributed by atoms with Gasteiger partial charge in [0.2, 0.25) is 0 Å². The maximum Gasteiger partial charge on any atom is 0.190 e. The van der Waals surface area contributed by atoms with E-state index >= 15 is 0 Å². The average Bonchev–Trinajstić information content (AvgIpc) is 3.04. The molecule has 0 fully saturated rings. The van der Waals surface area contributed by atoms with Crippen molar-refractivity contribution in [1.29, 1.82) is 0 Å². The second-order valence-corrected chi connectivity index (χ2v) is 7.25. The van der Waals surface area contributed by atoms with Gasteiger partial charge < -0.3 is 20.5 Å². The third kappa shape index (κ3) is 7.59. The molecule has 0 bridgehead atoms. The van der Waals surface area contributed by atoms with Crippen molar-refractivity contribution in [1.82, 2.24) is 20.5 Å². The molecule has 0 saturated carbocycles. The van der Waals surface area contributed by atoms with Gasteiger partial charge in [0.1, 0.15) is 5.82 Å². The number of guanidine groups is 1. The molecule has 0 unspecified atom stereocenters. The maximum atomic E-state index is 13.3. The molecule has 0 radical (unpaired) electrons. The van der Waals surface area contributed by atoms with Gasteiger partial charge in [-0.25, -0.2) is 4.39 Å². The van der Waals surface area contributed by atoms with Gasteiger partial charge in [0, 0.05) is 37.2 Å². The van der Waals surface area contributed by atoms with Gasteiger partial charge in [-0.15, -0.1) is 0 Å². The zero-order valence-electron chi connectivity index (χ0n) is 16.9. The van der Waals surface area contributed by atoms with Crippen molar-refractivity contribution >= 4 is 16.9 Å². The fourth-order valence-electron chi connectivity index (χ4n) is 3.19. The summed E-state index contributed by atoms with van der Waals surface area (Å²) in [7, 11) is 6.05. The molecule has 0 atom stereocenters. The molecule has 0 spiro atoms. The number of nitrogens with zero attached hydrogens (tertiary/aromatic N) is 2. The molecule has 1 aromatic carbocycles. The van der Waals surface area contributed by atoms with E-state index in [2.05, 4.69) is 39.6 Å². The van der Waals surface area contributed by atoms with Crippen LogP contribution in [0.3, 0.4) is 0 Å². The smallest absolute Gasteiger partial charge is 0.190 e. The Labute approximate surface area is 162 Å². The van der Waals surface area contributed by atoms with Gasteiger partial charge in [0.15, 0.2) is 5.96 Å². The van der Waals surface area contributed by atoms with E-state index in [9.17, 15) is 4.39 Å². The van der Waals surface area contributed by atoms with Gasteiger partial charge in [-0.3, -0.25) is 4.99 Å². The van der Waals surface area contributed by atoms with Crippen molar-refractivity contribution in [3.63, 3.8) is 0 Å². The van der Waals surface area contributed by atoms with Crippen LogP contribution in [0.25, 0.3) is 10.9 Å². The van der Waals surface area contributed by atoms with E-state index in [0.717, 1.165) is 42.8 Å². The Kier molecular flexibility index (Phi) is 9.11. The lowest BCUT2D eigenvalue weighted by atomic mass is 10.1. The van der Waals surface area contributed by atoms with E-state index in [1.54, 1.807) is 7.05 Å². The van der Waals surface area contributed by atoms with Crippen molar-refractivity contribution < 1.29 is 4.39 Å². The summed E-state index contributed by atoms with van der Waals surface area (Å²) in [5, 5.41) is 7.81. The van der Waals surface area contributed by atoms with Crippen LogP contribution in [0, 0.1) is 5.82 Å². The molecule has 6 heteroatoms. The highest BCUT2D eigenvalue weighted by molar-refractivity contribution is 5.83. The van der Waals surface area contributed by atoms with Crippen LogP contribution < -0.4 is 10.6 Å². The second kappa shape index (κ2) is 11.6. The molecular formula is C21H34FN5. The molecule has 0 aliphatic carbocycles. The fraction of sp³-hybridized carbons (Fsp3) is 0.571. The molecule has 150 valence electrons. The minimum Gasteiger partial charge on any atom is -0.361 e. The number of nitrogens with one attached hydrogen (secondary N) is 3. The Morgan fingerprint density at radius 2 is 1.81 bits per heavy atom. The number of aromatic amines is 1. The third-order valence-corrected chi connectivity index (χ3v) is 4.71. The summed E-state index contributed by atoms with van der Waals surface area (Å²) in [6, 6.07) is 4.88. The first-order chi connectivity index (χ1) is 13.1. The molecule has 1 heterocycles. The van der Waals surface area contributed by atoms with E-state index < -0.39 is 0 Å². The number of hydrogen-bond acceptors (Lipinski definition) is 2. The average molecular weight is 376 g/mol. The van der Waals surface area contributed by atoms with Crippen LogP contribution in [0.15, 0.2) is 29.4 Å². The predicted octanol–water partition coefficient (Wildman–Crippen LogP) is 3.53. The Morgan fingerprint density at radius 1 is 1.07 bits per heavy atom. The zero-order valence-corrected chi connectivity index (χ0v) is 16.9. The van der Waals surface area contributed by atoms with Crippen molar-refractivity contribution in [2.45, 2.75) is 38.5 Å². The third-order valence-electron chi connectivity index (χ3n) is 4.71. The number of unbranched alkanes of at least 4 members (excludes halogenated alkanes) is 4. The second-order valence-electron chi connectivity index (χ2n) is 7.25. The van der Waals surface area contributed by atoms with E-state index in [0.29, 0.717) is 0 Å². The number of halogens is 1. The number of H-pyrrole nitrogens is 1. The van der Waals surface area contributed by atoms with Crippen LogP contribution >= 0.6 is 0 Å². The standard InChI is InChI=1S/C21H34FN5/c1-23-21(24-12-7-5-4-6-8-14-27(2)3)25-13-11-17-16-26-20-15-18(22)9-10-19(17)20/h9-10,15-16,26H,4-8,11-14H2,1-3H3,(H2,23,24,25). The highest BCUT2D eigenvalue weighted by atomic mass is 19.1. The van der Waals surface area contributed by atoms with Gasteiger partial charge in [-0.05, 0) is 63.7 Å². The van der Waals surface area contributed by atoms with Crippen molar-refractivity contribution in [3.05, 3.63) is 35.8 Å². The number of aliphatic imine (C=N–C) groups is 1. The molecule has 0 saturated heterocycles. The molecule has 2 rings (SSSR count). The largest absolute Gasteiger partial charge is 0.361 e. The highest BCUT2D eigenvalue weighted by Gasteiger charge is 2.05.